The lowest BCUT2D eigenvalue weighted by Crippen LogP contribution is -2.27. The summed E-state index contributed by atoms with van der Waals surface area (Å²) in [5.74, 6) is -1.14. The van der Waals surface area contributed by atoms with Crippen LogP contribution in [0.2, 0.25) is 0 Å². The van der Waals surface area contributed by atoms with Crippen LogP contribution < -0.4 is 5.01 Å². The van der Waals surface area contributed by atoms with Gasteiger partial charge in [-0.1, -0.05) is 24.3 Å². The van der Waals surface area contributed by atoms with Crippen LogP contribution >= 0.6 is 0 Å². The Morgan fingerprint density at radius 2 is 2.06 bits per heavy atom. The molecule has 5 nitrogen and oxygen atoms in total. The standard InChI is InChI=1S/C12H12N2O3/c1-2-9-10(12(16)17)13-14(11(9)15)8-6-4-3-5-7-8/h2-7,11,15H,1H3,(H,16,17)/b9-2-. The van der Waals surface area contributed by atoms with Gasteiger partial charge in [0.1, 0.15) is 0 Å². The number of aliphatic carboxylic acids is 1. The number of hydrazone groups is 1. The predicted octanol–water partition coefficient (Wildman–Crippen LogP) is 1.21. The summed E-state index contributed by atoms with van der Waals surface area (Å²) >= 11 is 0. The van der Waals surface area contributed by atoms with Gasteiger partial charge < -0.3 is 10.2 Å². The number of anilines is 1. The maximum absolute atomic E-state index is 11.0. The van der Waals surface area contributed by atoms with Gasteiger partial charge in [-0.3, -0.25) is 0 Å². The van der Waals surface area contributed by atoms with Crippen LogP contribution in [0.1, 0.15) is 6.92 Å². The fourth-order valence-corrected chi connectivity index (χ4v) is 1.71. The summed E-state index contributed by atoms with van der Waals surface area (Å²) < 4.78 is 0. The lowest BCUT2D eigenvalue weighted by molar-refractivity contribution is -0.129. The topological polar surface area (TPSA) is 73.1 Å². The Morgan fingerprint density at radius 1 is 1.41 bits per heavy atom. The maximum Gasteiger partial charge on any atom is 0.356 e. The van der Waals surface area contributed by atoms with E-state index in [1.807, 2.05) is 6.07 Å². The summed E-state index contributed by atoms with van der Waals surface area (Å²) in [5.41, 5.74) is 0.834. The molecule has 0 saturated carbocycles. The van der Waals surface area contributed by atoms with E-state index in [0.717, 1.165) is 0 Å². The Kier molecular flexibility index (Phi) is 2.93. The number of carbonyl (C=O) groups is 1. The molecule has 1 aliphatic rings. The minimum atomic E-state index is -1.14. The first kappa shape index (κ1) is 11.3. The highest BCUT2D eigenvalue weighted by Crippen LogP contribution is 2.26. The second-order valence-corrected chi connectivity index (χ2v) is 3.55. The molecular formula is C12H12N2O3. The molecule has 0 spiro atoms. The van der Waals surface area contributed by atoms with Crippen LogP contribution in [0, 0.1) is 0 Å². The van der Waals surface area contributed by atoms with Crippen LogP contribution in [0.4, 0.5) is 5.69 Å². The van der Waals surface area contributed by atoms with Gasteiger partial charge in [-0.25, -0.2) is 9.80 Å². The van der Waals surface area contributed by atoms with Crippen molar-refractivity contribution in [3.8, 4) is 0 Å². The number of aliphatic hydroxyl groups is 1. The van der Waals surface area contributed by atoms with E-state index in [1.165, 1.54) is 5.01 Å². The molecule has 0 aliphatic carbocycles. The van der Waals surface area contributed by atoms with E-state index < -0.39 is 12.2 Å². The molecule has 0 radical (unpaired) electrons. The highest BCUT2D eigenvalue weighted by molar-refractivity contribution is 6.43. The van der Waals surface area contributed by atoms with Crippen LogP contribution in [0.15, 0.2) is 47.1 Å². The summed E-state index contributed by atoms with van der Waals surface area (Å²) in [6, 6.07) is 8.94. The van der Waals surface area contributed by atoms with Gasteiger partial charge >= 0.3 is 5.97 Å². The van der Waals surface area contributed by atoms with Crippen molar-refractivity contribution in [2.45, 2.75) is 13.2 Å². The third-order valence-corrected chi connectivity index (χ3v) is 2.53. The summed E-state index contributed by atoms with van der Waals surface area (Å²) in [7, 11) is 0. The zero-order chi connectivity index (χ0) is 12.4. The number of para-hydroxylation sites is 1. The Balaban J connectivity index is 2.42. The largest absolute Gasteiger partial charge is 0.476 e. The van der Waals surface area contributed by atoms with Crippen molar-refractivity contribution in [3.05, 3.63) is 42.0 Å². The van der Waals surface area contributed by atoms with Gasteiger partial charge in [0.2, 0.25) is 0 Å². The highest BCUT2D eigenvalue weighted by atomic mass is 16.4. The van der Waals surface area contributed by atoms with Gasteiger partial charge in [0, 0.05) is 5.57 Å². The van der Waals surface area contributed by atoms with Crippen molar-refractivity contribution in [1.29, 1.82) is 0 Å². The third-order valence-electron chi connectivity index (χ3n) is 2.53. The van der Waals surface area contributed by atoms with Crippen LogP contribution in [-0.4, -0.2) is 28.1 Å². The number of carboxylic acids is 1. The zero-order valence-electron chi connectivity index (χ0n) is 9.24. The molecule has 2 N–H and O–H groups in total. The normalized spacial score (nSPS) is 21.8. The monoisotopic (exact) mass is 232 g/mol. The second kappa shape index (κ2) is 4.39. The lowest BCUT2D eigenvalue weighted by atomic mass is 10.1. The fourth-order valence-electron chi connectivity index (χ4n) is 1.71. The smallest absolute Gasteiger partial charge is 0.356 e. The first-order valence-corrected chi connectivity index (χ1v) is 5.16. The van der Waals surface area contributed by atoms with Crippen molar-refractivity contribution < 1.29 is 15.0 Å². The lowest BCUT2D eigenvalue weighted by Gasteiger charge is -2.19. The number of rotatable bonds is 2. The first-order chi connectivity index (χ1) is 8.15. The minimum absolute atomic E-state index is 0.121. The van der Waals surface area contributed by atoms with Crippen molar-refractivity contribution >= 4 is 17.4 Å². The van der Waals surface area contributed by atoms with Crippen LogP contribution in [-0.2, 0) is 4.79 Å². The molecule has 0 aromatic heterocycles. The molecule has 1 aliphatic heterocycles. The summed E-state index contributed by atoms with van der Waals surface area (Å²) in [4.78, 5) is 11.0. The average molecular weight is 232 g/mol. The number of benzene rings is 1. The molecule has 0 saturated heterocycles. The van der Waals surface area contributed by atoms with Crippen molar-refractivity contribution in [1.82, 2.24) is 0 Å². The Bertz CT molecular complexity index is 494. The minimum Gasteiger partial charge on any atom is -0.476 e. The van der Waals surface area contributed by atoms with Crippen molar-refractivity contribution in [2.24, 2.45) is 5.10 Å². The van der Waals surface area contributed by atoms with Gasteiger partial charge in [0.15, 0.2) is 11.9 Å². The van der Waals surface area contributed by atoms with Gasteiger partial charge in [-0.15, -0.1) is 0 Å². The molecule has 1 heterocycles. The Hall–Kier alpha value is -2.14. The highest BCUT2D eigenvalue weighted by Gasteiger charge is 2.34. The fraction of sp³-hybridized carbons (Fsp3) is 0.167. The summed E-state index contributed by atoms with van der Waals surface area (Å²) in [5, 5.41) is 24.2. The third kappa shape index (κ3) is 1.92. The van der Waals surface area contributed by atoms with E-state index in [9.17, 15) is 9.90 Å². The van der Waals surface area contributed by atoms with E-state index in [1.54, 1.807) is 37.3 Å². The van der Waals surface area contributed by atoms with E-state index in [0.29, 0.717) is 11.3 Å². The predicted molar refractivity (Wildman–Crippen MR) is 63.8 cm³/mol. The Labute approximate surface area is 98.3 Å². The maximum atomic E-state index is 11.0. The molecule has 17 heavy (non-hydrogen) atoms. The summed E-state index contributed by atoms with van der Waals surface area (Å²) in [6.07, 6.45) is 0.508. The number of hydrogen-bond donors (Lipinski definition) is 2. The number of allylic oxidation sites excluding steroid dienone is 1. The van der Waals surface area contributed by atoms with Gasteiger partial charge in [0.05, 0.1) is 5.69 Å². The molecule has 0 amide bonds. The molecule has 88 valence electrons. The van der Waals surface area contributed by atoms with Crippen molar-refractivity contribution in [2.75, 3.05) is 5.01 Å². The molecule has 1 atom stereocenters. The molecule has 2 rings (SSSR count). The van der Waals surface area contributed by atoms with Crippen LogP contribution in [0.25, 0.3) is 0 Å². The SMILES string of the molecule is C/C=C1/C(C(=O)O)=NN(c2ccccc2)C1O. The quantitative estimate of drug-likeness (QED) is 0.803. The van der Waals surface area contributed by atoms with Gasteiger partial charge in [-0.05, 0) is 19.1 Å². The number of aliphatic hydroxyl groups excluding tert-OH is 1. The van der Waals surface area contributed by atoms with Gasteiger partial charge in [0.25, 0.3) is 0 Å². The van der Waals surface area contributed by atoms with Crippen LogP contribution in [0.5, 0.6) is 0 Å². The number of hydrogen-bond acceptors (Lipinski definition) is 4. The number of carboxylic acid groups (broad SMARTS) is 1. The molecular weight excluding hydrogens is 220 g/mol. The molecule has 0 fully saturated rings. The van der Waals surface area contributed by atoms with E-state index >= 15 is 0 Å². The molecule has 1 aromatic carbocycles. The molecule has 1 unspecified atom stereocenters. The average Bonchev–Trinajstić information content (AvgIpc) is 2.67. The number of nitrogens with zero attached hydrogens (tertiary/aromatic N) is 2. The van der Waals surface area contributed by atoms with E-state index in [2.05, 4.69) is 5.10 Å². The van der Waals surface area contributed by atoms with Crippen molar-refractivity contribution in [3.63, 3.8) is 0 Å². The summed E-state index contributed by atoms with van der Waals surface area (Å²) in [6.45, 7) is 1.67. The first-order valence-electron chi connectivity index (χ1n) is 5.16. The van der Waals surface area contributed by atoms with Crippen LogP contribution in [0.3, 0.4) is 0 Å². The Morgan fingerprint density at radius 3 is 2.53 bits per heavy atom. The molecule has 5 heteroatoms. The van der Waals surface area contributed by atoms with Gasteiger partial charge in [-0.2, -0.15) is 5.10 Å². The molecule has 1 aromatic rings. The molecule has 0 bridgehead atoms. The zero-order valence-corrected chi connectivity index (χ0v) is 9.24. The van der Waals surface area contributed by atoms with E-state index in [-0.39, 0.29) is 5.71 Å². The van der Waals surface area contributed by atoms with E-state index in [4.69, 9.17) is 5.11 Å². The second-order valence-electron chi connectivity index (χ2n) is 3.55.